The maximum atomic E-state index is 12.9. The topological polar surface area (TPSA) is 32.3 Å². The Morgan fingerprint density at radius 1 is 0.704 bits per heavy atom. The maximum absolute atomic E-state index is 12.9. The van der Waals surface area contributed by atoms with Crippen LogP contribution in [0.4, 0.5) is 38.0 Å². The molecule has 0 aliphatic carbocycles. The zero-order valence-electron chi connectivity index (χ0n) is 14.1. The van der Waals surface area contributed by atoms with E-state index in [1.165, 1.54) is 6.07 Å². The Labute approximate surface area is 151 Å². The lowest BCUT2D eigenvalue weighted by atomic mass is 10.2. The Bertz CT molecular complexity index is 772. The third kappa shape index (κ3) is 4.61. The fourth-order valence-corrected chi connectivity index (χ4v) is 2.88. The number of halogens is 6. The Balaban J connectivity index is 1.71. The highest BCUT2D eigenvalue weighted by atomic mass is 19.4. The third-order valence-electron chi connectivity index (χ3n) is 4.29. The Morgan fingerprint density at radius 2 is 1.33 bits per heavy atom. The molecule has 2 aromatic heterocycles. The van der Waals surface area contributed by atoms with Crippen LogP contribution in [0.2, 0.25) is 0 Å². The Kier molecular flexibility index (Phi) is 5.16. The van der Waals surface area contributed by atoms with E-state index < -0.39 is 23.5 Å². The molecule has 2 aromatic rings. The van der Waals surface area contributed by atoms with Crippen LogP contribution in [0.15, 0.2) is 36.7 Å². The maximum Gasteiger partial charge on any atom is 0.417 e. The number of alkyl halides is 6. The summed E-state index contributed by atoms with van der Waals surface area (Å²) < 4.78 is 76.5. The molecule has 1 aliphatic rings. The summed E-state index contributed by atoms with van der Waals surface area (Å²) in [5.41, 5.74) is -1.59. The molecule has 27 heavy (non-hydrogen) atoms. The number of aromatic nitrogens is 2. The van der Waals surface area contributed by atoms with Crippen molar-refractivity contribution in [3.05, 3.63) is 47.8 Å². The highest BCUT2D eigenvalue weighted by Crippen LogP contribution is 2.31. The van der Waals surface area contributed by atoms with E-state index in [4.69, 9.17) is 0 Å². The van der Waals surface area contributed by atoms with Gasteiger partial charge in [0.15, 0.2) is 0 Å². The lowest BCUT2D eigenvalue weighted by Crippen LogP contribution is -2.31. The van der Waals surface area contributed by atoms with E-state index in [-0.39, 0.29) is 5.82 Å². The van der Waals surface area contributed by atoms with E-state index in [0.29, 0.717) is 38.4 Å². The van der Waals surface area contributed by atoms with Crippen molar-refractivity contribution in [3.63, 3.8) is 0 Å². The Hall–Kier alpha value is -2.52. The molecule has 1 fully saturated rings. The molecule has 0 bridgehead atoms. The van der Waals surface area contributed by atoms with Gasteiger partial charge in [-0.3, -0.25) is 0 Å². The van der Waals surface area contributed by atoms with Gasteiger partial charge in [0.2, 0.25) is 0 Å². The summed E-state index contributed by atoms with van der Waals surface area (Å²) in [6, 6.07) is 4.20. The first-order valence-electron chi connectivity index (χ1n) is 8.21. The van der Waals surface area contributed by atoms with Gasteiger partial charge in [-0.15, -0.1) is 0 Å². The number of anilines is 2. The number of rotatable bonds is 2. The zero-order valence-corrected chi connectivity index (χ0v) is 14.1. The molecule has 1 aliphatic heterocycles. The van der Waals surface area contributed by atoms with Gasteiger partial charge in [-0.25, -0.2) is 9.97 Å². The minimum absolute atomic E-state index is 0.229. The number of hydrogen-bond acceptors (Lipinski definition) is 4. The van der Waals surface area contributed by atoms with Gasteiger partial charge in [-0.1, -0.05) is 0 Å². The average molecular weight is 390 g/mol. The summed E-state index contributed by atoms with van der Waals surface area (Å²) in [4.78, 5) is 11.4. The zero-order chi connectivity index (χ0) is 19.7. The van der Waals surface area contributed by atoms with Crippen LogP contribution in [-0.2, 0) is 12.4 Å². The number of pyridine rings is 2. The lowest BCUT2D eigenvalue weighted by Gasteiger charge is -2.24. The first kappa shape index (κ1) is 19.2. The highest BCUT2D eigenvalue weighted by molar-refractivity contribution is 5.45. The summed E-state index contributed by atoms with van der Waals surface area (Å²) in [5.74, 6) is 0.633. The van der Waals surface area contributed by atoms with E-state index in [9.17, 15) is 26.3 Å². The number of hydrogen-bond donors (Lipinski definition) is 0. The van der Waals surface area contributed by atoms with E-state index in [2.05, 4.69) is 9.97 Å². The largest absolute Gasteiger partial charge is 0.417 e. The molecule has 10 heteroatoms. The van der Waals surface area contributed by atoms with Crippen LogP contribution >= 0.6 is 0 Å². The molecule has 0 radical (unpaired) electrons. The highest BCUT2D eigenvalue weighted by Gasteiger charge is 2.32. The van der Waals surface area contributed by atoms with Crippen LogP contribution in [-0.4, -0.2) is 36.1 Å². The van der Waals surface area contributed by atoms with Gasteiger partial charge >= 0.3 is 12.4 Å². The van der Waals surface area contributed by atoms with Gasteiger partial charge in [-0.2, -0.15) is 26.3 Å². The molecule has 0 saturated carbocycles. The van der Waals surface area contributed by atoms with Crippen molar-refractivity contribution in [3.8, 4) is 0 Å². The van der Waals surface area contributed by atoms with Crippen molar-refractivity contribution in [2.75, 3.05) is 36.0 Å². The summed E-state index contributed by atoms with van der Waals surface area (Å²) in [6.45, 7) is 1.83. The monoisotopic (exact) mass is 390 g/mol. The molecule has 0 spiro atoms. The fraction of sp³-hybridized carbons (Fsp3) is 0.412. The van der Waals surface area contributed by atoms with Gasteiger partial charge in [0.1, 0.15) is 11.6 Å². The lowest BCUT2D eigenvalue weighted by molar-refractivity contribution is -0.138. The van der Waals surface area contributed by atoms with Gasteiger partial charge in [0.25, 0.3) is 0 Å². The van der Waals surface area contributed by atoms with Crippen LogP contribution in [0.25, 0.3) is 0 Å². The van der Waals surface area contributed by atoms with Crippen LogP contribution < -0.4 is 9.80 Å². The van der Waals surface area contributed by atoms with Gasteiger partial charge in [-0.05, 0) is 30.7 Å². The second-order valence-electron chi connectivity index (χ2n) is 6.13. The van der Waals surface area contributed by atoms with Gasteiger partial charge in [0.05, 0.1) is 11.1 Å². The van der Waals surface area contributed by atoms with Crippen molar-refractivity contribution in [2.24, 2.45) is 0 Å². The molecule has 0 unspecified atom stereocenters. The first-order valence-corrected chi connectivity index (χ1v) is 8.21. The molecule has 146 valence electrons. The second kappa shape index (κ2) is 7.24. The van der Waals surface area contributed by atoms with Crippen molar-refractivity contribution in [1.82, 2.24) is 9.97 Å². The van der Waals surface area contributed by atoms with Gasteiger partial charge in [0, 0.05) is 38.6 Å². The molecule has 3 rings (SSSR count). The van der Waals surface area contributed by atoms with E-state index >= 15 is 0 Å². The minimum atomic E-state index is -4.45. The fourth-order valence-electron chi connectivity index (χ4n) is 2.88. The van der Waals surface area contributed by atoms with Crippen molar-refractivity contribution in [1.29, 1.82) is 0 Å². The predicted molar refractivity (Wildman–Crippen MR) is 87.5 cm³/mol. The Morgan fingerprint density at radius 3 is 1.89 bits per heavy atom. The summed E-state index contributed by atoms with van der Waals surface area (Å²) in [6.07, 6.45) is -6.37. The van der Waals surface area contributed by atoms with Crippen LogP contribution in [0, 0.1) is 0 Å². The van der Waals surface area contributed by atoms with E-state index in [0.717, 1.165) is 30.6 Å². The van der Waals surface area contributed by atoms with Crippen LogP contribution in [0.1, 0.15) is 17.5 Å². The molecular formula is C17H16F6N4. The average Bonchev–Trinajstić information content (AvgIpc) is 2.87. The van der Waals surface area contributed by atoms with Crippen molar-refractivity contribution >= 4 is 11.6 Å². The second-order valence-corrected chi connectivity index (χ2v) is 6.13. The van der Waals surface area contributed by atoms with E-state index in [1.807, 2.05) is 4.90 Å². The minimum Gasteiger partial charge on any atom is -0.355 e. The van der Waals surface area contributed by atoms with Crippen molar-refractivity contribution < 1.29 is 26.3 Å². The molecule has 1 saturated heterocycles. The normalized spacial score (nSPS) is 16.4. The third-order valence-corrected chi connectivity index (χ3v) is 4.29. The summed E-state index contributed by atoms with van der Waals surface area (Å²) in [5, 5.41) is 0. The predicted octanol–water partition coefficient (Wildman–Crippen LogP) is 4.23. The molecule has 0 amide bonds. The number of nitrogens with zero attached hydrogens (tertiary/aromatic N) is 4. The SMILES string of the molecule is FC(F)(F)c1ccc(N2CCCN(c3cc(C(F)(F)F)ccn3)CC2)nc1. The molecule has 3 heterocycles. The molecule has 0 atom stereocenters. The molecule has 0 aromatic carbocycles. The molecular weight excluding hydrogens is 374 g/mol. The summed E-state index contributed by atoms with van der Waals surface area (Å²) >= 11 is 0. The van der Waals surface area contributed by atoms with E-state index in [1.54, 1.807) is 4.90 Å². The standard InChI is InChI=1S/C17H16F6N4/c18-16(19,20)12-4-5-24-15(10-12)27-7-1-6-26(8-9-27)14-3-2-13(11-25-14)17(21,22)23/h2-5,10-11H,1,6-9H2. The molecule has 4 nitrogen and oxygen atoms in total. The van der Waals surface area contributed by atoms with Crippen LogP contribution in [0.3, 0.4) is 0 Å². The smallest absolute Gasteiger partial charge is 0.355 e. The quantitative estimate of drug-likeness (QED) is 0.719. The summed E-state index contributed by atoms with van der Waals surface area (Å²) in [7, 11) is 0. The van der Waals surface area contributed by atoms with Crippen LogP contribution in [0.5, 0.6) is 0 Å². The van der Waals surface area contributed by atoms with Crippen molar-refractivity contribution in [2.45, 2.75) is 18.8 Å². The molecule has 0 N–H and O–H groups in total. The van der Waals surface area contributed by atoms with Gasteiger partial charge < -0.3 is 9.80 Å². The first-order chi connectivity index (χ1) is 12.6.